The predicted molar refractivity (Wildman–Crippen MR) is 52.1 cm³/mol. The second kappa shape index (κ2) is 3.92. The molecule has 2 aromatic rings. The maximum absolute atomic E-state index is 11.5. The second-order valence-electron chi connectivity index (χ2n) is 2.37. The van der Waals surface area contributed by atoms with Gasteiger partial charge in [-0.2, -0.15) is 5.10 Å². The van der Waals surface area contributed by atoms with Gasteiger partial charge in [-0.3, -0.25) is 10.1 Å². The summed E-state index contributed by atoms with van der Waals surface area (Å²) >= 11 is 0.983. The van der Waals surface area contributed by atoms with E-state index in [9.17, 15) is 4.79 Å². The van der Waals surface area contributed by atoms with Crippen LogP contribution in [0, 0.1) is 0 Å². The molecule has 0 unspecified atom stereocenters. The van der Waals surface area contributed by atoms with Gasteiger partial charge in [-0.05, 0) is 0 Å². The Morgan fingerprint density at radius 1 is 1.33 bits per heavy atom. The van der Waals surface area contributed by atoms with Crippen molar-refractivity contribution in [2.75, 3.05) is 11.1 Å². The number of nitrogens with two attached hydrogens (primary N) is 1. The van der Waals surface area contributed by atoms with Crippen molar-refractivity contribution in [1.29, 1.82) is 0 Å². The van der Waals surface area contributed by atoms with Crippen LogP contribution >= 0.6 is 11.3 Å². The van der Waals surface area contributed by atoms with Gasteiger partial charge >= 0.3 is 0 Å². The van der Waals surface area contributed by atoms with Gasteiger partial charge in [-0.25, -0.2) is 4.98 Å². The smallest absolute Gasteiger partial charge is 0.289 e. The van der Waals surface area contributed by atoms with Gasteiger partial charge < -0.3 is 5.73 Å². The van der Waals surface area contributed by atoms with Gasteiger partial charge in [0.05, 0.1) is 12.4 Å². The van der Waals surface area contributed by atoms with Crippen molar-refractivity contribution in [2.24, 2.45) is 0 Å². The lowest BCUT2D eigenvalue weighted by molar-refractivity contribution is 0.102. The molecule has 0 saturated heterocycles. The average Bonchev–Trinajstić information content (AvgIpc) is 2.66. The molecule has 0 spiro atoms. The van der Waals surface area contributed by atoms with Crippen LogP contribution in [0.2, 0.25) is 0 Å². The minimum Gasteiger partial charge on any atom is -0.374 e. The van der Waals surface area contributed by atoms with Gasteiger partial charge in [0.25, 0.3) is 5.91 Å². The van der Waals surface area contributed by atoms with E-state index in [1.54, 1.807) is 0 Å². The molecule has 0 atom stereocenters. The Bertz CT molecular complexity index is 469. The van der Waals surface area contributed by atoms with E-state index in [-0.39, 0.29) is 16.1 Å². The molecule has 2 rings (SSSR count). The molecule has 3 N–H and O–H groups in total. The molecule has 9 heteroatoms. The minimum atomic E-state index is -0.461. The number of nitrogens with one attached hydrogen (secondary N) is 1. The van der Waals surface area contributed by atoms with E-state index in [1.807, 2.05) is 0 Å². The second-order valence-corrected chi connectivity index (χ2v) is 3.37. The van der Waals surface area contributed by atoms with Crippen LogP contribution in [0.1, 0.15) is 9.80 Å². The summed E-state index contributed by atoms with van der Waals surface area (Å²) in [5.41, 5.74) is 5.33. The number of anilines is 2. The summed E-state index contributed by atoms with van der Waals surface area (Å²) < 4.78 is 0. The Morgan fingerprint density at radius 2 is 2.20 bits per heavy atom. The van der Waals surface area contributed by atoms with Gasteiger partial charge in [0.2, 0.25) is 16.1 Å². The van der Waals surface area contributed by atoms with E-state index < -0.39 is 5.91 Å². The van der Waals surface area contributed by atoms with Gasteiger partial charge in [0.1, 0.15) is 0 Å². The summed E-state index contributed by atoms with van der Waals surface area (Å²) in [6.07, 6.45) is 2.82. The fraction of sp³-hybridized carbons (Fsp3) is 0. The van der Waals surface area contributed by atoms with E-state index in [2.05, 4.69) is 30.7 Å². The summed E-state index contributed by atoms with van der Waals surface area (Å²) in [7, 11) is 0. The van der Waals surface area contributed by atoms with Gasteiger partial charge in [-0.15, -0.1) is 15.3 Å². The zero-order chi connectivity index (χ0) is 10.7. The molecule has 0 aliphatic carbocycles. The first-order chi connectivity index (χ1) is 7.25. The highest BCUT2D eigenvalue weighted by Gasteiger charge is 2.12. The van der Waals surface area contributed by atoms with Crippen LogP contribution < -0.4 is 11.1 Å². The molecule has 0 aliphatic rings. The van der Waals surface area contributed by atoms with Crippen LogP contribution in [0.25, 0.3) is 0 Å². The van der Waals surface area contributed by atoms with Crippen molar-refractivity contribution in [1.82, 2.24) is 25.4 Å². The molecule has 0 saturated carbocycles. The molecule has 1 amide bonds. The van der Waals surface area contributed by atoms with Crippen LogP contribution in [-0.2, 0) is 0 Å². The lowest BCUT2D eigenvalue weighted by Gasteiger charge is -1.97. The number of rotatable bonds is 2. The first-order valence-corrected chi connectivity index (χ1v) is 4.61. The highest BCUT2D eigenvalue weighted by Crippen LogP contribution is 2.11. The molecular formula is C6H5N7OS. The fourth-order valence-electron chi connectivity index (χ4n) is 0.786. The van der Waals surface area contributed by atoms with Crippen molar-refractivity contribution in [3.05, 3.63) is 17.4 Å². The van der Waals surface area contributed by atoms with E-state index >= 15 is 0 Å². The molecule has 0 bridgehead atoms. The van der Waals surface area contributed by atoms with E-state index in [0.717, 1.165) is 11.3 Å². The highest BCUT2D eigenvalue weighted by molar-refractivity contribution is 7.16. The van der Waals surface area contributed by atoms with Gasteiger partial charge in [0, 0.05) is 0 Å². The molecule has 8 nitrogen and oxygen atoms in total. The number of aromatic nitrogens is 5. The third-order valence-electron chi connectivity index (χ3n) is 1.34. The Kier molecular flexibility index (Phi) is 2.46. The summed E-state index contributed by atoms with van der Waals surface area (Å²) in [6.45, 7) is 0. The van der Waals surface area contributed by atoms with Crippen molar-refractivity contribution >= 4 is 28.3 Å². The van der Waals surface area contributed by atoms with Crippen LogP contribution in [0.3, 0.4) is 0 Å². The highest BCUT2D eigenvalue weighted by atomic mass is 32.1. The maximum Gasteiger partial charge on any atom is 0.289 e. The average molecular weight is 223 g/mol. The normalized spacial score (nSPS) is 9.87. The molecule has 0 fully saturated rings. The number of hydrogen-bond acceptors (Lipinski definition) is 8. The quantitative estimate of drug-likeness (QED) is 0.707. The predicted octanol–water partition coefficient (Wildman–Crippen LogP) is -0.442. The topological polar surface area (TPSA) is 120 Å². The number of carbonyl (C=O) groups excluding carboxylic acids is 1. The number of amides is 1. The van der Waals surface area contributed by atoms with Crippen LogP contribution in [0.5, 0.6) is 0 Å². The maximum atomic E-state index is 11.5. The first-order valence-electron chi connectivity index (χ1n) is 3.80. The molecule has 2 heterocycles. The summed E-state index contributed by atoms with van der Waals surface area (Å²) in [6, 6.07) is 0. The van der Waals surface area contributed by atoms with Crippen molar-refractivity contribution < 1.29 is 4.79 Å². The summed E-state index contributed by atoms with van der Waals surface area (Å²) in [5.74, 6) is -0.353. The number of nitrogen functional groups attached to an aromatic ring is 1. The Labute approximate surface area is 87.6 Å². The molecule has 76 valence electrons. The van der Waals surface area contributed by atoms with E-state index in [0.29, 0.717) is 0 Å². The van der Waals surface area contributed by atoms with Gasteiger partial charge in [0.15, 0.2) is 0 Å². The van der Waals surface area contributed by atoms with Crippen LogP contribution in [-0.4, -0.2) is 31.3 Å². The molecular weight excluding hydrogens is 218 g/mol. The minimum absolute atomic E-state index is 0.108. The molecule has 0 aromatic carbocycles. The largest absolute Gasteiger partial charge is 0.374 e. The zero-order valence-corrected chi connectivity index (χ0v) is 8.10. The standard InChI is InChI=1S/C6H5N7OS/c7-5-12-11-4(15-5)3(14)10-6-8-1-2-9-13-6/h1-2H,(H2,7,12)(H,8,10,13,14). The van der Waals surface area contributed by atoms with Crippen LogP contribution in [0.4, 0.5) is 11.1 Å². The lowest BCUT2D eigenvalue weighted by atomic mass is 10.6. The van der Waals surface area contributed by atoms with Gasteiger partial charge in [-0.1, -0.05) is 11.3 Å². The van der Waals surface area contributed by atoms with Crippen molar-refractivity contribution in [2.45, 2.75) is 0 Å². The molecule has 15 heavy (non-hydrogen) atoms. The Balaban J connectivity index is 2.11. The number of nitrogens with zero attached hydrogens (tertiary/aromatic N) is 5. The summed E-state index contributed by atoms with van der Waals surface area (Å²) in [4.78, 5) is 15.2. The molecule has 0 aliphatic heterocycles. The third-order valence-corrected chi connectivity index (χ3v) is 2.09. The fourth-order valence-corrected chi connectivity index (χ4v) is 1.29. The molecule has 0 radical (unpaired) electrons. The van der Waals surface area contributed by atoms with E-state index in [4.69, 9.17) is 5.73 Å². The zero-order valence-electron chi connectivity index (χ0n) is 7.28. The monoisotopic (exact) mass is 223 g/mol. The molecule has 2 aromatic heterocycles. The summed E-state index contributed by atoms with van der Waals surface area (Å²) in [5, 5.41) is 17.0. The number of carbonyl (C=O) groups is 1. The van der Waals surface area contributed by atoms with Crippen molar-refractivity contribution in [3.8, 4) is 0 Å². The first kappa shape index (κ1) is 9.40. The SMILES string of the molecule is Nc1nnc(C(=O)Nc2nccnn2)s1. The Morgan fingerprint density at radius 3 is 2.80 bits per heavy atom. The lowest BCUT2D eigenvalue weighted by Crippen LogP contribution is -2.14. The van der Waals surface area contributed by atoms with E-state index in [1.165, 1.54) is 12.4 Å². The Hall–Kier alpha value is -2.16. The van der Waals surface area contributed by atoms with Crippen molar-refractivity contribution in [3.63, 3.8) is 0 Å². The third kappa shape index (κ3) is 2.20. The number of hydrogen-bond donors (Lipinski definition) is 2. The van der Waals surface area contributed by atoms with Crippen LogP contribution in [0.15, 0.2) is 12.4 Å².